The Kier molecular flexibility index (Phi) is 3.98. The number of rotatable bonds is 4. The van der Waals surface area contributed by atoms with E-state index in [2.05, 4.69) is 5.32 Å². The fourth-order valence-corrected chi connectivity index (χ4v) is 2.57. The van der Waals surface area contributed by atoms with Crippen molar-refractivity contribution in [3.63, 3.8) is 0 Å². The molecule has 1 N–H and O–H groups in total. The number of nitro groups is 1. The normalized spacial score (nSPS) is 21.5. The van der Waals surface area contributed by atoms with Crippen LogP contribution in [0, 0.1) is 10.1 Å². The monoisotopic (exact) mass is 305 g/mol. The summed E-state index contributed by atoms with van der Waals surface area (Å²) in [6, 6.07) is 4.97. The highest BCUT2D eigenvalue weighted by Gasteiger charge is 2.27. The number of nitrogens with zero attached hydrogens (tertiary/aromatic N) is 2. The highest BCUT2D eigenvalue weighted by molar-refractivity contribution is 5.95. The average Bonchev–Trinajstić information content (AvgIpc) is 3.30. The van der Waals surface area contributed by atoms with Crippen LogP contribution in [-0.4, -0.2) is 47.6 Å². The maximum Gasteiger partial charge on any atom is 0.293 e. The molecule has 7 nitrogen and oxygen atoms in total. The summed E-state index contributed by atoms with van der Waals surface area (Å²) in [6.07, 6.45) is 2.05. The van der Waals surface area contributed by atoms with Crippen molar-refractivity contribution >= 4 is 17.3 Å². The van der Waals surface area contributed by atoms with Crippen molar-refractivity contribution in [3.8, 4) is 0 Å². The minimum Gasteiger partial charge on any atom is -0.377 e. The molecule has 0 unspecified atom stereocenters. The Balaban J connectivity index is 1.82. The van der Waals surface area contributed by atoms with Crippen LogP contribution < -0.4 is 5.32 Å². The van der Waals surface area contributed by atoms with Crippen LogP contribution in [-0.2, 0) is 4.74 Å². The molecule has 1 aliphatic carbocycles. The number of amides is 1. The molecule has 1 saturated heterocycles. The quantitative estimate of drug-likeness (QED) is 0.679. The van der Waals surface area contributed by atoms with E-state index in [0.29, 0.717) is 37.0 Å². The van der Waals surface area contributed by atoms with Crippen molar-refractivity contribution < 1.29 is 14.5 Å². The molecule has 1 saturated carbocycles. The molecule has 1 atom stereocenters. The Labute approximate surface area is 128 Å². The molecule has 1 aromatic rings. The molecule has 1 amide bonds. The van der Waals surface area contributed by atoms with E-state index in [1.54, 1.807) is 17.0 Å². The van der Waals surface area contributed by atoms with Crippen LogP contribution in [0.25, 0.3) is 0 Å². The van der Waals surface area contributed by atoms with Gasteiger partial charge >= 0.3 is 0 Å². The zero-order valence-corrected chi connectivity index (χ0v) is 12.4. The lowest BCUT2D eigenvalue weighted by molar-refractivity contribution is -0.384. The van der Waals surface area contributed by atoms with Gasteiger partial charge in [0.2, 0.25) is 0 Å². The molecule has 22 heavy (non-hydrogen) atoms. The summed E-state index contributed by atoms with van der Waals surface area (Å²) in [7, 11) is 0. The van der Waals surface area contributed by atoms with Gasteiger partial charge in [0.15, 0.2) is 0 Å². The summed E-state index contributed by atoms with van der Waals surface area (Å²) in [4.78, 5) is 25.0. The minimum absolute atomic E-state index is 0.0107. The van der Waals surface area contributed by atoms with Gasteiger partial charge in [-0.25, -0.2) is 0 Å². The lowest BCUT2D eigenvalue weighted by Gasteiger charge is -2.31. The van der Waals surface area contributed by atoms with Crippen molar-refractivity contribution in [1.82, 2.24) is 4.90 Å². The number of carbonyl (C=O) groups excluding carboxylic acids is 1. The maximum absolute atomic E-state index is 12.5. The van der Waals surface area contributed by atoms with Crippen LogP contribution in [0.2, 0.25) is 0 Å². The van der Waals surface area contributed by atoms with Crippen molar-refractivity contribution in [2.75, 3.05) is 25.0 Å². The van der Waals surface area contributed by atoms with E-state index >= 15 is 0 Å². The van der Waals surface area contributed by atoms with Gasteiger partial charge in [-0.2, -0.15) is 0 Å². The number of morpholine rings is 1. The van der Waals surface area contributed by atoms with Gasteiger partial charge in [0.05, 0.1) is 17.6 Å². The van der Waals surface area contributed by atoms with E-state index in [9.17, 15) is 14.9 Å². The molecule has 2 fully saturated rings. The third-order valence-corrected chi connectivity index (χ3v) is 3.91. The zero-order chi connectivity index (χ0) is 15.7. The largest absolute Gasteiger partial charge is 0.377 e. The van der Waals surface area contributed by atoms with E-state index < -0.39 is 4.92 Å². The van der Waals surface area contributed by atoms with E-state index in [1.165, 1.54) is 6.07 Å². The number of carbonyl (C=O) groups is 1. The van der Waals surface area contributed by atoms with Gasteiger partial charge in [-0.3, -0.25) is 14.9 Å². The van der Waals surface area contributed by atoms with Gasteiger partial charge in [-0.05, 0) is 31.9 Å². The Hall–Kier alpha value is -2.15. The summed E-state index contributed by atoms with van der Waals surface area (Å²) >= 11 is 0. The van der Waals surface area contributed by atoms with Crippen LogP contribution in [0.5, 0.6) is 0 Å². The maximum atomic E-state index is 12.5. The highest BCUT2D eigenvalue weighted by atomic mass is 16.6. The molecule has 118 valence electrons. The highest BCUT2D eigenvalue weighted by Crippen LogP contribution is 2.31. The lowest BCUT2D eigenvalue weighted by atomic mass is 10.1. The Morgan fingerprint density at radius 1 is 1.45 bits per heavy atom. The van der Waals surface area contributed by atoms with Gasteiger partial charge in [0.25, 0.3) is 11.6 Å². The second-order valence-electron chi connectivity index (χ2n) is 5.84. The number of hydrogen-bond donors (Lipinski definition) is 1. The van der Waals surface area contributed by atoms with Crippen LogP contribution >= 0.6 is 0 Å². The molecular formula is C15H19N3O4. The van der Waals surface area contributed by atoms with Gasteiger partial charge < -0.3 is 15.0 Å². The zero-order valence-electron chi connectivity index (χ0n) is 12.4. The fraction of sp³-hybridized carbons (Fsp3) is 0.533. The first-order valence-electron chi connectivity index (χ1n) is 7.50. The SMILES string of the molecule is C[C@H]1CN(C(=O)c2ccc(NC3CC3)c([N+](=O)[O-])c2)CCO1. The van der Waals surface area contributed by atoms with Crippen molar-refractivity contribution in [2.45, 2.75) is 31.9 Å². The van der Waals surface area contributed by atoms with E-state index in [4.69, 9.17) is 4.74 Å². The number of hydrogen-bond acceptors (Lipinski definition) is 5. The predicted octanol–water partition coefficient (Wildman–Crippen LogP) is 2.03. The summed E-state index contributed by atoms with van der Waals surface area (Å²) in [5.41, 5.74) is 0.792. The van der Waals surface area contributed by atoms with E-state index in [-0.39, 0.29) is 17.7 Å². The first kappa shape index (κ1) is 14.8. The Morgan fingerprint density at radius 2 is 2.23 bits per heavy atom. The third-order valence-electron chi connectivity index (χ3n) is 3.91. The average molecular weight is 305 g/mol. The van der Waals surface area contributed by atoms with Gasteiger partial charge in [-0.15, -0.1) is 0 Å². The molecule has 0 bridgehead atoms. The molecule has 0 radical (unpaired) electrons. The summed E-state index contributed by atoms with van der Waals surface area (Å²) in [5.74, 6) is -0.184. The topological polar surface area (TPSA) is 84.7 Å². The van der Waals surface area contributed by atoms with Gasteiger partial charge in [-0.1, -0.05) is 0 Å². The molecule has 1 aliphatic heterocycles. The number of ether oxygens (including phenoxy) is 1. The van der Waals surface area contributed by atoms with Gasteiger partial charge in [0, 0.05) is 30.8 Å². The van der Waals surface area contributed by atoms with Crippen LogP contribution in [0.15, 0.2) is 18.2 Å². The first-order valence-corrected chi connectivity index (χ1v) is 7.50. The minimum atomic E-state index is -0.441. The molecule has 0 aromatic heterocycles. The number of nitrogens with one attached hydrogen (secondary N) is 1. The molecule has 3 rings (SSSR count). The van der Waals surface area contributed by atoms with Gasteiger partial charge in [0.1, 0.15) is 5.69 Å². The lowest BCUT2D eigenvalue weighted by Crippen LogP contribution is -2.44. The van der Waals surface area contributed by atoms with E-state index in [1.807, 2.05) is 6.92 Å². The molecule has 2 aliphatic rings. The van der Waals surface area contributed by atoms with Crippen molar-refractivity contribution in [2.24, 2.45) is 0 Å². The fourth-order valence-electron chi connectivity index (χ4n) is 2.57. The first-order chi connectivity index (χ1) is 10.5. The Morgan fingerprint density at radius 3 is 2.86 bits per heavy atom. The summed E-state index contributed by atoms with van der Waals surface area (Å²) in [6.45, 7) is 3.43. The van der Waals surface area contributed by atoms with Crippen molar-refractivity contribution in [1.29, 1.82) is 0 Å². The standard InChI is InChI=1S/C15H19N3O4/c1-10-9-17(6-7-22-10)15(19)11-2-5-13(16-12-3-4-12)14(8-11)18(20)21/h2,5,8,10,12,16H,3-4,6-7,9H2,1H3/t10-/m0/s1. The molecule has 1 aromatic carbocycles. The number of benzene rings is 1. The number of nitro benzene ring substituents is 1. The summed E-state index contributed by atoms with van der Waals surface area (Å²) < 4.78 is 5.41. The smallest absolute Gasteiger partial charge is 0.293 e. The third kappa shape index (κ3) is 3.19. The van der Waals surface area contributed by atoms with Crippen LogP contribution in [0.3, 0.4) is 0 Å². The molecule has 1 heterocycles. The molecular weight excluding hydrogens is 286 g/mol. The van der Waals surface area contributed by atoms with Crippen molar-refractivity contribution in [3.05, 3.63) is 33.9 Å². The van der Waals surface area contributed by atoms with Crippen LogP contribution in [0.1, 0.15) is 30.1 Å². The molecule has 7 heteroatoms. The molecule has 0 spiro atoms. The summed E-state index contributed by atoms with van der Waals surface area (Å²) in [5, 5.41) is 14.4. The second kappa shape index (κ2) is 5.92. The van der Waals surface area contributed by atoms with E-state index in [0.717, 1.165) is 12.8 Å². The number of anilines is 1. The Bertz CT molecular complexity index is 600. The second-order valence-corrected chi connectivity index (χ2v) is 5.84. The predicted molar refractivity (Wildman–Crippen MR) is 81.1 cm³/mol. The van der Waals surface area contributed by atoms with Crippen LogP contribution in [0.4, 0.5) is 11.4 Å².